The van der Waals surface area contributed by atoms with Crippen molar-refractivity contribution in [2.45, 2.75) is 6.04 Å². The summed E-state index contributed by atoms with van der Waals surface area (Å²) in [6.07, 6.45) is 1.58. The van der Waals surface area contributed by atoms with Gasteiger partial charge in [0.1, 0.15) is 5.82 Å². The number of nitrogens with two attached hydrogens (primary N) is 1. The molecule has 1 rings (SSSR count). The zero-order chi connectivity index (χ0) is 8.27. The monoisotopic (exact) mass is 187 g/mol. The number of rotatable bonds is 2. The van der Waals surface area contributed by atoms with E-state index >= 15 is 0 Å². The normalized spacial score (nSPS) is 11.5. The smallest absolute Gasteiger partial charge is 0.123 e. The van der Waals surface area contributed by atoms with Crippen LogP contribution in [0.5, 0.6) is 0 Å². The highest BCUT2D eigenvalue weighted by atomic mass is 35.5. The summed E-state index contributed by atoms with van der Waals surface area (Å²) in [5.41, 5.74) is 6.33. The molecule has 0 saturated heterocycles. The molecule has 1 aromatic rings. The summed E-state index contributed by atoms with van der Waals surface area (Å²) in [5, 5.41) is 0. The predicted molar refractivity (Wildman–Crippen MR) is 50.8 cm³/mol. The molecule has 1 unspecified atom stereocenters. The number of hydrogen-bond donors (Lipinski definition) is 1. The van der Waals surface area contributed by atoms with Crippen LogP contribution in [0, 0.1) is 5.82 Å². The molecule has 0 aliphatic rings. The molecule has 2 N–H and O–H groups in total. The van der Waals surface area contributed by atoms with Crippen molar-refractivity contribution in [3.8, 4) is 0 Å². The molecule has 0 bridgehead atoms. The van der Waals surface area contributed by atoms with Crippen LogP contribution in [0.15, 0.2) is 36.9 Å². The Morgan fingerprint density at radius 3 is 2.67 bits per heavy atom. The quantitative estimate of drug-likeness (QED) is 0.708. The predicted octanol–water partition coefficient (Wildman–Crippen LogP) is 2.43. The van der Waals surface area contributed by atoms with Gasteiger partial charge in [-0.05, 0) is 17.7 Å². The van der Waals surface area contributed by atoms with Gasteiger partial charge in [0.05, 0.1) is 0 Å². The number of halogens is 2. The van der Waals surface area contributed by atoms with Crippen molar-refractivity contribution in [3.05, 3.63) is 48.3 Å². The Labute approximate surface area is 77.5 Å². The second kappa shape index (κ2) is 4.91. The first-order valence-electron chi connectivity index (χ1n) is 3.37. The SMILES string of the molecule is C=CC(N)c1cccc(F)c1.Cl. The largest absolute Gasteiger partial charge is 0.321 e. The summed E-state index contributed by atoms with van der Waals surface area (Å²) in [6.45, 7) is 3.52. The van der Waals surface area contributed by atoms with Crippen molar-refractivity contribution in [2.75, 3.05) is 0 Å². The molecule has 0 fully saturated rings. The van der Waals surface area contributed by atoms with Crippen LogP contribution in [-0.2, 0) is 0 Å². The van der Waals surface area contributed by atoms with Crippen molar-refractivity contribution in [3.63, 3.8) is 0 Å². The molecular formula is C9H11ClFN. The van der Waals surface area contributed by atoms with Gasteiger partial charge in [0, 0.05) is 6.04 Å². The molecule has 0 amide bonds. The van der Waals surface area contributed by atoms with Crippen LogP contribution < -0.4 is 5.73 Å². The Hall–Kier alpha value is -0.860. The van der Waals surface area contributed by atoms with E-state index in [9.17, 15) is 4.39 Å². The van der Waals surface area contributed by atoms with E-state index in [0.717, 1.165) is 5.56 Å². The van der Waals surface area contributed by atoms with Crippen molar-refractivity contribution in [1.29, 1.82) is 0 Å². The minimum Gasteiger partial charge on any atom is -0.321 e. The minimum absolute atomic E-state index is 0. The fourth-order valence-electron chi connectivity index (χ4n) is 0.850. The van der Waals surface area contributed by atoms with Gasteiger partial charge in [-0.1, -0.05) is 18.2 Å². The van der Waals surface area contributed by atoms with E-state index in [1.165, 1.54) is 12.1 Å². The molecule has 0 saturated carbocycles. The van der Waals surface area contributed by atoms with Crippen molar-refractivity contribution >= 4 is 12.4 Å². The van der Waals surface area contributed by atoms with E-state index in [2.05, 4.69) is 6.58 Å². The zero-order valence-corrected chi connectivity index (χ0v) is 7.35. The average molecular weight is 188 g/mol. The Balaban J connectivity index is 0.00000121. The van der Waals surface area contributed by atoms with E-state index in [1.807, 2.05) is 0 Å². The van der Waals surface area contributed by atoms with Crippen molar-refractivity contribution in [1.82, 2.24) is 0 Å². The Morgan fingerprint density at radius 2 is 2.17 bits per heavy atom. The number of benzene rings is 1. The molecule has 0 heterocycles. The van der Waals surface area contributed by atoms with Crippen LogP contribution in [0.25, 0.3) is 0 Å². The lowest BCUT2D eigenvalue weighted by Gasteiger charge is -2.04. The fraction of sp³-hybridized carbons (Fsp3) is 0.111. The summed E-state index contributed by atoms with van der Waals surface area (Å²) in [4.78, 5) is 0. The standard InChI is InChI=1S/C9H10FN.ClH/c1-2-9(11)7-4-3-5-8(10)6-7;/h2-6,9H,1,11H2;1H. The molecule has 1 atom stereocenters. The maximum Gasteiger partial charge on any atom is 0.123 e. The lowest BCUT2D eigenvalue weighted by molar-refractivity contribution is 0.624. The third-order valence-electron chi connectivity index (χ3n) is 1.49. The maximum absolute atomic E-state index is 12.6. The van der Waals surface area contributed by atoms with Crippen LogP contribution in [0.3, 0.4) is 0 Å². The third kappa shape index (κ3) is 2.64. The zero-order valence-electron chi connectivity index (χ0n) is 6.53. The van der Waals surface area contributed by atoms with Crippen LogP contribution >= 0.6 is 12.4 Å². The van der Waals surface area contributed by atoms with E-state index < -0.39 is 0 Å². The van der Waals surface area contributed by atoms with Crippen molar-refractivity contribution in [2.24, 2.45) is 5.73 Å². The first kappa shape index (κ1) is 11.1. The second-order valence-corrected chi connectivity index (χ2v) is 2.32. The van der Waals surface area contributed by atoms with Gasteiger partial charge >= 0.3 is 0 Å². The average Bonchev–Trinajstić information content (AvgIpc) is 2.03. The molecular weight excluding hydrogens is 177 g/mol. The Morgan fingerprint density at radius 1 is 1.50 bits per heavy atom. The molecule has 1 aromatic carbocycles. The van der Waals surface area contributed by atoms with Crippen LogP contribution in [0.2, 0.25) is 0 Å². The molecule has 0 aromatic heterocycles. The van der Waals surface area contributed by atoms with E-state index in [1.54, 1.807) is 18.2 Å². The fourth-order valence-corrected chi connectivity index (χ4v) is 0.850. The van der Waals surface area contributed by atoms with Crippen LogP contribution in [0.1, 0.15) is 11.6 Å². The molecule has 0 aliphatic heterocycles. The van der Waals surface area contributed by atoms with Crippen LogP contribution in [0.4, 0.5) is 4.39 Å². The van der Waals surface area contributed by atoms with Crippen LogP contribution in [-0.4, -0.2) is 0 Å². The lowest BCUT2D eigenvalue weighted by Crippen LogP contribution is -2.06. The van der Waals surface area contributed by atoms with Gasteiger partial charge in [0.15, 0.2) is 0 Å². The van der Waals surface area contributed by atoms with E-state index in [4.69, 9.17) is 5.73 Å². The minimum atomic E-state index is -0.273. The first-order valence-corrected chi connectivity index (χ1v) is 3.37. The maximum atomic E-state index is 12.6. The van der Waals surface area contributed by atoms with Gasteiger partial charge in [-0.3, -0.25) is 0 Å². The van der Waals surface area contributed by atoms with Crippen molar-refractivity contribution < 1.29 is 4.39 Å². The van der Waals surface area contributed by atoms with Gasteiger partial charge < -0.3 is 5.73 Å². The summed E-state index contributed by atoms with van der Waals surface area (Å²) in [6, 6.07) is 5.93. The molecule has 3 heteroatoms. The molecule has 0 spiro atoms. The third-order valence-corrected chi connectivity index (χ3v) is 1.49. The first-order chi connectivity index (χ1) is 5.24. The second-order valence-electron chi connectivity index (χ2n) is 2.32. The summed E-state index contributed by atoms with van der Waals surface area (Å²) >= 11 is 0. The van der Waals surface area contributed by atoms with E-state index in [-0.39, 0.29) is 24.3 Å². The lowest BCUT2D eigenvalue weighted by atomic mass is 10.1. The molecule has 0 radical (unpaired) electrons. The number of hydrogen-bond acceptors (Lipinski definition) is 1. The molecule has 0 aliphatic carbocycles. The summed E-state index contributed by atoms with van der Waals surface area (Å²) in [7, 11) is 0. The van der Waals surface area contributed by atoms with Gasteiger partial charge in [0.25, 0.3) is 0 Å². The molecule has 66 valence electrons. The highest BCUT2D eigenvalue weighted by Crippen LogP contribution is 2.11. The van der Waals surface area contributed by atoms with Gasteiger partial charge in [-0.15, -0.1) is 19.0 Å². The van der Waals surface area contributed by atoms with Gasteiger partial charge in [-0.25, -0.2) is 4.39 Å². The Bertz CT molecular complexity index is 262. The van der Waals surface area contributed by atoms with E-state index in [0.29, 0.717) is 0 Å². The highest BCUT2D eigenvalue weighted by Gasteiger charge is 2.00. The highest BCUT2D eigenvalue weighted by molar-refractivity contribution is 5.85. The summed E-state index contributed by atoms with van der Waals surface area (Å²) in [5.74, 6) is -0.264. The topological polar surface area (TPSA) is 26.0 Å². The van der Waals surface area contributed by atoms with Gasteiger partial charge in [-0.2, -0.15) is 0 Å². The van der Waals surface area contributed by atoms with Gasteiger partial charge in [0.2, 0.25) is 0 Å². The molecule has 1 nitrogen and oxygen atoms in total. The summed E-state index contributed by atoms with van der Waals surface area (Å²) < 4.78 is 12.6. The Kier molecular flexibility index (Phi) is 4.55. The molecule has 12 heavy (non-hydrogen) atoms.